The molecule has 3 aliphatic rings. The van der Waals surface area contributed by atoms with Gasteiger partial charge in [-0.25, -0.2) is 19.2 Å². The van der Waals surface area contributed by atoms with Crippen LogP contribution in [0, 0.1) is 5.82 Å². The second-order valence-electron chi connectivity index (χ2n) is 9.10. The molecule has 3 atom stereocenters. The monoisotopic (exact) mass is 494 g/mol. The summed E-state index contributed by atoms with van der Waals surface area (Å²) < 4.78 is 58.2. The van der Waals surface area contributed by atoms with E-state index in [9.17, 15) is 22.4 Å². The van der Waals surface area contributed by atoms with E-state index in [1.165, 1.54) is 6.07 Å². The number of nitrogens with one attached hydrogen (secondary N) is 3. The van der Waals surface area contributed by atoms with Crippen molar-refractivity contribution in [3.63, 3.8) is 0 Å². The molecule has 8 nitrogen and oxygen atoms in total. The second kappa shape index (κ2) is 9.57. The number of fused-ring (bicyclic) bond motifs is 1. The Morgan fingerprint density at radius 1 is 1.26 bits per heavy atom. The third kappa shape index (κ3) is 5.18. The molecular weight excluding hydrogens is 468 g/mol. The van der Waals surface area contributed by atoms with Crippen LogP contribution in [0.5, 0.6) is 0 Å². The zero-order chi connectivity index (χ0) is 24.6. The van der Waals surface area contributed by atoms with Gasteiger partial charge < -0.3 is 25.6 Å². The van der Waals surface area contributed by atoms with Crippen LogP contribution in [0.1, 0.15) is 34.7 Å². The van der Waals surface area contributed by atoms with Gasteiger partial charge in [-0.2, -0.15) is 13.2 Å². The van der Waals surface area contributed by atoms with Gasteiger partial charge in [0.15, 0.2) is 0 Å². The fourth-order valence-electron chi connectivity index (χ4n) is 4.80. The number of rotatable bonds is 4. The zero-order valence-electron chi connectivity index (χ0n) is 18.9. The van der Waals surface area contributed by atoms with Gasteiger partial charge in [0.25, 0.3) is 0 Å². The number of aromatic nitrogens is 2. The number of nitrogens with zero attached hydrogens (tertiary/aromatic N) is 3. The molecule has 3 aliphatic heterocycles. The lowest BCUT2D eigenvalue weighted by Gasteiger charge is -2.30. The van der Waals surface area contributed by atoms with Gasteiger partial charge >= 0.3 is 12.2 Å². The molecule has 1 aromatic heterocycles. The molecule has 5 rings (SSSR count). The Hall–Kier alpha value is -2.99. The number of amides is 2. The van der Waals surface area contributed by atoms with Crippen LogP contribution >= 0.6 is 0 Å². The molecule has 12 heteroatoms. The van der Waals surface area contributed by atoms with Gasteiger partial charge in [-0.1, -0.05) is 6.07 Å². The molecule has 0 saturated carbocycles. The summed E-state index contributed by atoms with van der Waals surface area (Å²) in [6, 6.07) is 2.44. The maximum Gasteiger partial charge on any atom is 0.419 e. The van der Waals surface area contributed by atoms with Gasteiger partial charge in [0.05, 0.1) is 36.5 Å². The Bertz CT molecular complexity index is 1090. The van der Waals surface area contributed by atoms with Crippen LogP contribution in [0.15, 0.2) is 24.4 Å². The number of ether oxygens (including phenoxy) is 1. The van der Waals surface area contributed by atoms with Crippen LogP contribution in [0.4, 0.5) is 28.3 Å². The van der Waals surface area contributed by atoms with Crippen LogP contribution in [-0.4, -0.2) is 65.8 Å². The van der Waals surface area contributed by atoms with Gasteiger partial charge in [0.2, 0.25) is 5.95 Å². The number of anilines is 1. The Kier molecular flexibility index (Phi) is 6.49. The third-order valence-electron chi connectivity index (χ3n) is 6.75. The normalized spacial score (nSPS) is 24.3. The van der Waals surface area contributed by atoms with E-state index in [0.717, 1.165) is 29.8 Å². The number of carbonyl (C=O) groups excluding carboxylic acids is 1. The van der Waals surface area contributed by atoms with Crippen molar-refractivity contribution < 1.29 is 27.1 Å². The first kappa shape index (κ1) is 23.7. The lowest BCUT2D eigenvalue weighted by Crippen LogP contribution is -2.48. The van der Waals surface area contributed by atoms with Gasteiger partial charge in [0.1, 0.15) is 5.82 Å². The highest BCUT2D eigenvalue weighted by Gasteiger charge is 2.36. The largest absolute Gasteiger partial charge is 0.419 e. The van der Waals surface area contributed by atoms with E-state index in [4.69, 9.17) is 4.74 Å². The van der Waals surface area contributed by atoms with Crippen molar-refractivity contribution in [1.29, 1.82) is 0 Å². The predicted molar refractivity (Wildman–Crippen MR) is 118 cm³/mol. The molecular formula is C23H26F4N6O2. The van der Waals surface area contributed by atoms with Crippen molar-refractivity contribution in [2.45, 2.75) is 43.6 Å². The molecule has 3 N–H and O–H groups in total. The average molecular weight is 494 g/mol. The molecule has 188 valence electrons. The molecule has 0 bridgehead atoms. The fraction of sp³-hybridized carbons (Fsp3) is 0.522. The van der Waals surface area contributed by atoms with E-state index < -0.39 is 17.6 Å². The van der Waals surface area contributed by atoms with Crippen molar-refractivity contribution in [2.75, 3.05) is 38.2 Å². The summed E-state index contributed by atoms with van der Waals surface area (Å²) in [4.78, 5) is 23.7. The number of halogens is 4. The first-order valence-corrected chi connectivity index (χ1v) is 11.6. The number of hydrogen-bond donors (Lipinski definition) is 3. The van der Waals surface area contributed by atoms with E-state index in [1.54, 1.807) is 11.1 Å². The minimum absolute atomic E-state index is 0.165. The highest BCUT2D eigenvalue weighted by atomic mass is 19.4. The Morgan fingerprint density at radius 2 is 2.11 bits per heavy atom. The van der Waals surface area contributed by atoms with Crippen molar-refractivity contribution in [3.05, 3.63) is 52.6 Å². The van der Waals surface area contributed by atoms with Crippen molar-refractivity contribution >= 4 is 12.0 Å². The summed E-state index contributed by atoms with van der Waals surface area (Å²) >= 11 is 0. The van der Waals surface area contributed by atoms with Crippen molar-refractivity contribution in [1.82, 2.24) is 25.5 Å². The lowest BCUT2D eigenvalue weighted by molar-refractivity contribution is -0.140. The summed E-state index contributed by atoms with van der Waals surface area (Å²) in [5.74, 6) is -1.15. The molecule has 4 heterocycles. The molecule has 2 aromatic rings. The molecule has 2 saturated heterocycles. The predicted octanol–water partition coefficient (Wildman–Crippen LogP) is 2.66. The van der Waals surface area contributed by atoms with Gasteiger partial charge in [-0.3, -0.25) is 0 Å². The van der Waals surface area contributed by atoms with Crippen molar-refractivity contribution in [2.24, 2.45) is 0 Å². The molecule has 0 aliphatic carbocycles. The average Bonchev–Trinajstić information content (AvgIpc) is 3.50. The number of hydrogen-bond acceptors (Lipinski definition) is 6. The first-order chi connectivity index (χ1) is 16.8. The molecule has 2 fully saturated rings. The van der Waals surface area contributed by atoms with E-state index in [1.807, 2.05) is 0 Å². The van der Waals surface area contributed by atoms with Crippen LogP contribution in [0.3, 0.4) is 0 Å². The summed E-state index contributed by atoms with van der Waals surface area (Å²) in [6.45, 7) is 2.97. The maximum atomic E-state index is 14.1. The molecule has 0 radical (unpaired) electrons. The molecule has 2 amide bonds. The minimum Gasteiger partial charge on any atom is -0.379 e. The summed E-state index contributed by atoms with van der Waals surface area (Å²) in [7, 11) is 0. The molecule has 35 heavy (non-hydrogen) atoms. The van der Waals surface area contributed by atoms with E-state index in [0.29, 0.717) is 57.3 Å². The molecule has 1 unspecified atom stereocenters. The van der Waals surface area contributed by atoms with Crippen LogP contribution < -0.4 is 16.0 Å². The molecule has 0 spiro atoms. The highest BCUT2D eigenvalue weighted by molar-refractivity contribution is 5.75. The number of carbonyl (C=O) groups is 1. The summed E-state index contributed by atoms with van der Waals surface area (Å²) in [5.41, 5.74) is 0.877. The SMILES string of the molecule is O=C(N[C@@H]1CNC[C@H]1c1ccc(C(F)(F)F)c(F)c1)N1CCc2cnc(NC3CCOC3)nc2C1. The highest BCUT2D eigenvalue weighted by Crippen LogP contribution is 2.34. The summed E-state index contributed by atoms with van der Waals surface area (Å²) in [6.07, 6.45) is -1.47. The third-order valence-corrected chi connectivity index (χ3v) is 6.75. The quantitative estimate of drug-likeness (QED) is 0.567. The second-order valence-corrected chi connectivity index (χ2v) is 9.10. The fourth-order valence-corrected chi connectivity index (χ4v) is 4.80. The van der Waals surface area contributed by atoms with Crippen LogP contribution in [-0.2, 0) is 23.9 Å². The van der Waals surface area contributed by atoms with Gasteiger partial charge in [-0.05, 0) is 36.1 Å². The maximum absolute atomic E-state index is 14.1. The Morgan fingerprint density at radius 3 is 2.86 bits per heavy atom. The van der Waals surface area contributed by atoms with E-state index >= 15 is 0 Å². The summed E-state index contributed by atoms with van der Waals surface area (Å²) in [5, 5.41) is 9.36. The topological polar surface area (TPSA) is 91.4 Å². The van der Waals surface area contributed by atoms with Gasteiger partial charge in [-0.15, -0.1) is 0 Å². The zero-order valence-corrected chi connectivity index (χ0v) is 18.9. The van der Waals surface area contributed by atoms with E-state index in [2.05, 4.69) is 25.9 Å². The van der Waals surface area contributed by atoms with Crippen LogP contribution in [0.25, 0.3) is 0 Å². The number of alkyl halides is 3. The Labute approximate surface area is 199 Å². The smallest absolute Gasteiger partial charge is 0.379 e. The Balaban J connectivity index is 1.24. The number of benzene rings is 1. The minimum atomic E-state index is -4.75. The van der Waals surface area contributed by atoms with Crippen LogP contribution in [0.2, 0.25) is 0 Å². The standard InChI is InChI=1S/C23H26F4N6O2/c24-18-7-13(1-2-17(18)23(25,26)27)16-9-28-10-19(16)32-22(34)33-5-3-14-8-29-21(31-20(14)11-33)30-15-4-6-35-12-15/h1-2,7-8,15-16,19,28H,3-6,9-12H2,(H,32,34)(H,29,30,31)/t15?,16-,19+/m0/s1. The van der Waals surface area contributed by atoms with E-state index in [-0.39, 0.29) is 24.0 Å². The molecule has 1 aromatic carbocycles. The lowest BCUT2D eigenvalue weighted by atomic mass is 9.93. The van der Waals surface area contributed by atoms with Crippen molar-refractivity contribution in [3.8, 4) is 0 Å². The first-order valence-electron chi connectivity index (χ1n) is 11.6. The number of urea groups is 1. The van der Waals surface area contributed by atoms with Gasteiger partial charge in [0, 0.05) is 38.4 Å².